The van der Waals surface area contributed by atoms with E-state index in [0.29, 0.717) is 12.0 Å². The Bertz CT molecular complexity index is 1880. The van der Waals surface area contributed by atoms with Crippen LogP contribution in [0.15, 0.2) is 42.4 Å². The van der Waals surface area contributed by atoms with Crippen LogP contribution < -0.4 is 5.32 Å². The molecule has 3 saturated heterocycles. The molecule has 3 aliphatic heterocycles. The van der Waals surface area contributed by atoms with Crippen LogP contribution in [0.25, 0.3) is 17.0 Å². The molecule has 2 aromatic rings. The van der Waals surface area contributed by atoms with Crippen LogP contribution in [0.5, 0.6) is 0 Å². The van der Waals surface area contributed by atoms with E-state index < -0.39 is 115 Å². The molecule has 0 aliphatic carbocycles. The smallest absolute Gasteiger partial charge is 0.458 e. The van der Waals surface area contributed by atoms with Crippen LogP contribution in [0, 0.1) is 23.7 Å². The number of alkyl carbamates (subject to hydrolysis) is 1. The highest BCUT2D eigenvalue weighted by atomic mass is 19.1. The van der Waals surface area contributed by atoms with Crippen molar-refractivity contribution in [2.45, 2.75) is 122 Å². The van der Waals surface area contributed by atoms with Crippen molar-refractivity contribution in [3.05, 3.63) is 47.9 Å². The van der Waals surface area contributed by atoms with Gasteiger partial charge in [0.15, 0.2) is 18.2 Å². The molecule has 3 fully saturated rings. The highest BCUT2D eigenvalue weighted by Crippen LogP contribution is 2.39. The van der Waals surface area contributed by atoms with Gasteiger partial charge in [-0.3, -0.25) is 19.4 Å². The molecule has 2 N–H and O–H groups in total. The van der Waals surface area contributed by atoms with Crippen LogP contribution in [0.1, 0.15) is 73.3 Å². The number of esters is 1. The Balaban J connectivity index is 1.51. The first-order valence-corrected chi connectivity index (χ1v) is 19.8. The minimum absolute atomic E-state index is 0.214. The summed E-state index contributed by atoms with van der Waals surface area (Å²) >= 11 is 0. The number of aliphatic hydroxyl groups is 1. The summed E-state index contributed by atoms with van der Waals surface area (Å²) in [7, 11) is 3.58. The van der Waals surface area contributed by atoms with Crippen molar-refractivity contribution in [2.75, 3.05) is 20.7 Å². The fourth-order valence-electron chi connectivity index (χ4n) is 8.35. The zero-order valence-corrected chi connectivity index (χ0v) is 34.5. The number of fused-ring (bicyclic) bond motifs is 2. The number of aliphatic hydroxyl groups excluding tert-OH is 1. The summed E-state index contributed by atoms with van der Waals surface area (Å²) in [6.07, 6.45) is -5.37. The molecular formula is C42H56FN3O12. The number of carbonyl (C=O) groups is 5. The van der Waals surface area contributed by atoms with Gasteiger partial charge in [0.2, 0.25) is 0 Å². The zero-order valence-electron chi connectivity index (χ0n) is 34.5. The molecule has 318 valence electrons. The van der Waals surface area contributed by atoms with Gasteiger partial charge in [-0.15, -0.1) is 0 Å². The summed E-state index contributed by atoms with van der Waals surface area (Å²) in [4.78, 5) is 74.4. The second-order valence-electron chi connectivity index (χ2n) is 16.3. The van der Waals surface area contributed by atoms with Gasteiger partial charge in [-0.05, 0) is 84.0 Å². The quantitative estimate of drug-likeness (QED) is 0.202. The third-order valence-corrected chi connectivity index (χ3v) is 11.5. The van der Waals surface area contributed by atoms with Gasteiger partial charge >= 0.3 is 18.2 Å². The van der Waals surface area contributed by atoms with Crippen LogP contribution in [0.2, 0.25) is 0 Å². The van der Waals surface area contributed by atoms with Crippen molar-refractivity contribution in [1.82, 2.24) is 15.2 Å². The number of halogens is 1. The Hall–Kier alpha value is -4.51. The lowest BCUT2D eigenvalue weighted by molar-refractivity contribution is -0.293. The normalized spacial score (nSPS) is 35.4. The lowest BCUT2D eigenvalue weighted by Crippen LogP contribution is -2.60. The van der Waals surface area contributed by atoms with Gasteiger partial charge in [-0.1, -0.05) is 39.8 Å². The molecule has 15 nitrogen and oxygen atoms in total. The Morgan fingerprint density at radius 3 is 2.48 bits per heavy atom. The zero-order chi connectivity index (χ0) is 42.6. The van der Waals surface area contributed by atoms with E-state index in [0.717, 1.165) is 10.9 Å². The number of hydrogen-bond acceptors (Lipinski definition) is 14. The maximum Gasteiger partial charge on any atom is 0.509 e. The summed E-state index contributed by atoms with van der Waals surface area (Å²) in [6, 6.07) is 7.37. The van der Waals surface area contributed by atoms with Crippen molar-refractivity contribution >= 4 is 46.8 Å². The first kappa shape index (κ1) is 44.6. The number of amides is 1. The monoisotopic (exact) mass is 813 g/mol. The second-order valence-corrected chi connectivity index (χ2v) is 16.3. The number of likely N-dealkylation sites (N-methyl/N-ethyl adjacent to an activating group) is 1. The maximum atomic E-state index is 15.3. The number of pyridine rings is 1. The molecular weight excluding hydrogens is 757 g/mol. The number of benzene rings is 1. The van der Waals surface area contributed by atoms with Gasteiger partial charge in [0.1, 0.15) is 48.0 Å². The van der Waals surface area contributed by atoms with Crippen molar-refractivity contribution in [1.29, 1.82) is 0 Å². The summed E-state index contributed by atoms with van der Waals surface area (Å²) in [5.74, 6) is -7.20. The van der Waals surface area contributed by atoms with Crippen LogP contribution in [-0.2, 0) is 42.8 Å². The highest BCUT2D eigenvalue weighted by Gasteiger charge is 2.53. The summed E-state index contributed by atoms with van der Waals surface area (Å²) < 4.78 is 50.5. The molecule has 0 saturated carbocycles. The molecule has 5 rings (SSSR count). The van der Waals surface area contributed by atoms with E-state index in [-0.39, 0.29) is 18.6 Å². The summed E-state index contributed by atoms with van der Waals surface area (Å²) in [6.45, 7) is 10.2. The van der Waals surface area contributed by atoms with Crippen LogP contribution in [-0.4, -0.2) is 120 Å². The van der Waals surface area contributed by atoms with Gasteiger partial charge in [0.05, 0.1) is 17.7 Å². The van der Waals surface area contributed by atoms with E-state index >= 15 is 4.39 Å². The van der Waals surface area contributed by atoms with Gasteiger partial charge in [0.25, 0.3) is 0 Å². The fraction of sp³-hybridized carbons (Fsp3) is 0.619. The maximum absolute atomic E-state index is 15.3. The average molecular weight is 814 g/mol. The molecule has 16 heteroatoms. The Labute approximate surface area is 337 Å². The number of Topliss-reactive ketones (excluding diaryl/α,β-unsaturated/α-hetero) is 2. The largest absolute Gasteiger partial charge is 0.509 e. The third kappa shape index (κ3) is 10.0. The Kier molecular flexibility index (Phi) is 14.3. The number of cyclic esters (lactones) is 1. The van der Waals surface area contributed by atoms with Crippen molar-refractivity contribution in [2.24, 2.45) is 23.7 Å². The lowest BCUT2D eigenvalue weighted by Gasteiger charge is -2.46. The predicted octanol–water partition coefficient (Wildman–Crippen LogP) is 5.15. The molecule has 0 spiro atoms. The van der Waals surface area contributed by atoms with E-state index in [1.54, 1.807) is 72.3 Å². The third-order valence-electron chi connectivity index (χ3n) is 11.5. The van der Waals surface area contributed by atoms with Gasteiger partial charge in [-0.25, -0.2) is 14.0 Å². The molecule has 4 heterocycles. The number of ketones is 2. The topological polar surface area (TPSA) is 189 Å². The molecule has 1 amide bonds. The number of hydrogen-bond donors (Lipinski definition) is 2. The van der Waals surface area contributed by atoms with Crippen molar-refractivity contribution in [3.63, 3.8) is 0 Å². The number of nitrogens with one attached hydrogen (secondary N) is 1. The van der Waals surface area contributed by atoms with Crippen LogP contribution in [0.4, 0.5) is 14.0 Å². The minimum Gasteiger partial charge on any atom is -0.458 e. The van der Waals surface area contributed by atoms with Crippen molar-refractivity contribution < 1.29 is 61.9 Å². The average Bonchev–Trinajstić information content (AvgIpc) is 3.57. The van der Waals surface area contributed by atoms with E-state index in [1.165, 1.54) is 26.8 Å². The second kappa shape index (κ2) is 18.6. The van der Waals surface area contributed by atoms with Gasteiger partial charge in [0, 0.05) is 35.4 Å². The van der Waals surface area contributed by atoms with Gasteiger partial charge in [-0.2, -0.15) is 0 Å². The van der Waals surface area contributed by atoms with Crippen LogP contribution >= 0.6 is 0 Å². The Morgan fingerprint density at radius 1 is 1.07 bits per heavy atom. The molecule has 0 radical (unpaired) electrons. The lowest BCUT2D eigenvalue weighted by atomic mass is 9.75. The number of carbonyl (C=O) groups excluding carboxylic acids is 5. The molecule has 3 aliphatic rings. The number of aromatic nitrogens is 1. The Morgan fingerprint density at radius 2 is 1.79 bits per heavy atom. The van der Waals surface area contributed by atoms with E-state index in [1.807, 2.05) is 11.0 Å². The molecule has 1 aromatic carbocycles. The molecule has 0 bridgehead atoms. The summed E-state index contributed by atoms with van der Waals surface area (Å²) in [5.41, 5.74) is -0.702. The first-order valence-electron chi connectivity index (χ1n) is 19.8. The molecule has 13 atom stereocenters. The summed E-state index contributed by atoms with van der Waals surface area (Å²) in [5, 5.41) is 15.0. The predicted molar refractivity (Wildman–Crippen MR) is 208 cm³/mol. The highest BCUT2D eigenvalue weighted by molar-refractivity contribution is 6.00. The van der Waals surface area contributed by atoms with E-state index in [9.17, 15) is 29.1 Å². The first-order chi connectivity index (χ1) is 27.3. The molecule has 2 unspecified atom stereocenters. The van der Waals surface area contributed by atoms with E-state index in [2.05, 4.69) is 10.3 Å². The number of nitrogens with zero attached hydrogens (tertiary/aromatic N) is 2. The number of rotatable bonds is 8. The molecule has 58 heavy (non-hydrogen) atoms. The fourth-order valence-corrected chi connectivity index (χ4v) is 8.35. The van der Waals surface area contributed by atoms with Gasteiger partial charge < -0.3 is 43.7 Å². The minimum atomic E-state index is -1.92. The van der Waals surface area contributed by atoms with E-state index in [4.69, 9.17) is 28.4 Å². The number of ether oxygens (including phenoxy) is 6. The standard InChI is InChI=1S/C42H56FN3O12/c1-10-31-36-32(45-40(51)56-36)23(4)33(47)21(2)19-42(7,58-41(52)53-20-28(43)18-26-13-14-29-27(17-26)12-11-15-44-29)37(24(5)34(48)25(6)38(50)55-31)57-39-35(49)30(46(8)9)16-22(3)54-39/h11-15,17-18,21-25,30-32,35-37,39,49H,10,16,19-20H2,1-9H3,(H,45,51)/b28-18-/t21-,22-,23-,24+,25-,30+,31-,32+,35-,36-,37?,39?,42-/m1/s1. The molecule has 1 aromatic heterocycles. The van der Waals surface area contributed by atoms with Crippen LogP contribution in [0.3, 0.4) is 0 Å². The van der Waals surface area contributed by atoms with Crippen molar-refractivity contribution in [3.8, 4) is 0 Å². The SMILES string of the molecule is CC[C@H]1OC(=O)[C@H](C)C(=O)[C@H](C)C(OC2O[C@H](C)C[C@H](N(C)C)[C@H]2O)[C@](C)(OC(=O)OC/C(F)=C/c2ccc3ncccc3c2)C[C@@H](C)C(=O)[C@H](C)[C@@H]2NC(=O)O[C@@H]21.